The first kappa shape index (κ1) is 12.5. The van der Waals surface area contributed by atoms with Crippen LogP contribution in [0.25, 0.3) is 0 Å². The first-order valence-electron chi connectivity index (χ1n) is 6.21. The number of aromatic nitrogens is 1. The van der Waals surface area contributed by atoms with Gasteiger partial charge in [0.25, 0.3) is 0 Å². The maximum absolute atomic E-state index is 11.0. The molecule has 2 rings (SSSR count). The van der Waals surface area contributed by atoms with E-state index in [1.807, 2.05) is 31.3 Å². The Morgan fingerprint density at radius 1 is 1.22 bits per heavy atom. The Hall–Kier alpha value is -1.96. The van der Waals surface area contributed by atoms with Crippen LogP contribution in [0, 0.1) is 6.92 Å². The molecule has 0 unspecified atom stereocenters. The second-order valence-corrected chi connectivity index (χ2v) is 4.51. The summed E-state index contributed by atoms with van der Waals surface area (Å²) in [6.07, 6.45) is 4.53. The van der Waals surface area contributed by atoms with Crippen LogP contribution in [0.4, 0.5) is 0 Å². The van der Waals surface area contributed by atoms with E-state index < -0.39 is 0 Å². The monoisotopic (exact) mass is 239 g/mol. The van der Waals surface area contributed by atoms with Crippen LogP contribution in [0.2, 0.25) is 0 Å². The standard InChI is InChI=1S/C16H17NO/c1-3-13-5-7-16(17-10-13)9-15-8-12(2)4-6-14(15)11-18/h4-8,10-11H,3,9H2,1-2H3. The average molecular weight is 239 g/mol. The van der Waals surface area contributed by atoms with Crippen LogP contribution < -0.4 is 0 Å². The zero-order valence-electron chi connectivity index (χ0n) is 10.8. The van der Waals surface area contributed by atoms with Gasteiger partial charge in [-0.1, -0.05) is 36.8 Å². The van der Waals surface area contributed by atoms with Gasteiger partial charge < -0.3 is 0 Å². The van der Waals surface area contributed by atoms with Crippen LogP contribution in [0.1, 0.15) is 39.7 Å². The Morgan fingerprint density at radius 3 is 2.67 bits per heavy atom. The molecule has 0 fully saturated rings. The molecule has 1 heterocycles. The maximum atomic E-state index is 11.0. The van der Waals surface area contributed by atoms with Gasteiger partial charge in [0.1, 0.15) is 6.29 Å². The fourth-order valence-electron chi connectivity index (χ4n) is 1.97. The molecule has 0 aliphatic carbocycles. The molecule has 0 radical (unpaired) electrons. The smallest absolute Gasteiger partial charge is 0.150 e. The third-order valence-corrected chi connectivity index (χ3v) is 3.09. The molecule has 0 atom stereocenters. The minimum Gasteiger partial charge on any atom is -0.298 e. The normalized spacial score (nSPS) is 10.3. The molecule has 18 heavy (non-hydrogen) atoms. The summed E-state index contributed by atoms with van der Waals surface area (Å²) in [5.74, 6) is 0. The van der Waals surface area contributed by atoms with Crippen molar-refractivity contribution in [3.63, 3.8) is 0 Å². The third-order valence-electron chi connectivity index (χ3n) is 3.09. The summed E-state index contributed by atoms with van der Waals surface area (Å²) in [6, 6.07) is 10.0. The van der Waals surface area contributed by atoms with Crippen molar-refractivity contribution in [3.8, 4) is 0 Å². The molecule has 0 saturated heterocycles. The van der Waals surface area contributed by atoms with Crippen molar-refractivity contribution in [2.75, 3.05) is 0 Å². The Labute approximate surface area is 108 Å². The molecule has 0 bridgehead atoms. The average Bonchev–Trinajstić information content (AvgIpc) is 2.40. The predicted octanol–water partition coefficient (Wildman–Crippen LogP) is 3.36. The highest BCUT2D eigenvalue weighted by molar-refractivity contribution is 5.77. The number of carbonyl (C=O) groups is 1. The predicted molar refractivity (Wildman–Crippen MR) is 73.0 cm³/mol. The summed E-state index contributed by atoms with van der Waals surface area (Å²) >= 11 is 0. The SMILES string of the molecule is CCc1ccc(Cc2cc(C)ccc2C=O)nc1. The lowest BCUT2D eigenvalue weighted by atomic mass is 10.0. The molecule has 2 nitrogen and oxygen atoms in total. The molecular formula is C16H17NO. The van der Waals surface area contributed by atoms with Crippen molar-refractivity contribution >= 4 is 6.29 Å². The fourth-order valence-corrected chi connectivity index (χ4v) is 1.97. The molecule has 92 valence electrons. The number of hydrogen-bond donors (Lipinski definition) is 0. The number of rotatable bonds is 4. The summed E-state index contributed by atoms with van der Waals surface area (Å²) in [6.45, 7) is 4.15. The molecule has 0 N–H and O–H groups in total. The molecule has 2 aromatic rings. The molecule has 1 aromatic carbocycles. The van der Waals surface area contributed by atoms with Gasteiger partial charge in [-0.3, -0.25) is 9.78 Å². The summed E-state index contributed by atoms with van der Waals surface area (Å²) in [5.41, 5.74) is 5.20. The topological polar surface area (TPSA) is 30.0 Å². The highest BCUT2D eigenvalue weighted by Gasteiger charge is 2.04. The molecule has 0 amide bonds. The molecular weight excluding hydrogens is 222 g/mol. The minimum atomic E-state index is 0.708. The van der Waals surface area contributed by atoms with Crippen molar-refractivity contribution in [2.45, 2.75) is 26.7 Å². The molecule has 0 aliphatic heterocycles. The quantitative estimate of drug-likeness (QED) is 0.766. The van der Waals surface area contributed by atoms with Gasteiger partial charge in [0.05, 0.1) is 0 Å². The zero-order valence-corrected chi connectivity index (χ0v) is 10.8. The van der Waals surface area contributed by atoms with Crippen LogP contribution >= 0.6 is 0 Å². The van der Waals surface area contributed by atoms with Gasteiger partial charge in [-0.15, -0.1) is 0 Å². The van der Waals surface area contributed by atoms with Crippen LogP contribution in [0.15, 0.2) is 36.5 Å². The van der Waals surface area contributed by atoms with E-state index in [1.165, 1.54) is 11.1 Å². The summed E-state index contributed by atoms with van der Waals surface area (Å²) < 4.78 is 0. The van der Waals surface area contributed by atoms with E-state index in [9.17, 15) is 4.79 Å². The van der Waals surface area contributed by atoms with Crippen LogP contribution in [0.5, 0.6) is 0 Å². The van der Waals surface area contributed by atoms with Crippen molar-refractivity contribution in [2.24, 2.45) is 0 Å². The van der Waals surface area contributed by atoms with Crippen LogP contribution in [0.3, 0.4) is 0 Å². The maximum Gasteiger partial charge on any atom is 0.150 e. The fraction of sp³-hybridized carbons (Fsp3) is 0.250. The molecule has 0 aliphatic rings. The second-order valence-electron chi connectivity index (χ2n) is 4.51. The summed E-state index contributed by atoms with van der Waals surface area (Å²) in [5, 5.41) is 0. The molecule has 2 heteroatoms. The lowest BCUT2D eigenvalue weighted by Crippen LogP contribution is -1.98. The zero-order chi connectivity index (χ0) is 13.0. The van der Waals surface area contributed by atoms with E-state index in [1.54, 1.807) is 0 Å². The molecule has 1 aromatic heterocycles. The number of aldehydes is 1. The van der Waals surface area contributed by atoms with Gasteiger partial charge in [0.2, 0.25) is 0 Å². The Kier molecular flexibility index (Phi) is 3.88. The Morgan fingerprint density at radius 2 is 2.06 bits per heavy atom. The lowest BCUT2D eigenvalue weighted by Gasteiger charge is -2.06. The van der Waals surface area contributed by atoms with Crippen LogP contribution in [-0.2, 0) is 12.8 Å². The van der Waals surface area contributed by atoms with Gasteiger partial charge in [-0.2, -0.15) is 0 Å². The van der Waals surface area contributed by atoms with E-state index in [0.717, 1.165) is 29.5 Å². The third kappa shape index (κ3) is 2.83. The first-order valence-corrected chi connectivity index (χ1v) is 6.21. The Balaban J connectivity index is 2.27. The largest absolute Gasteiger partial charge is 0.298 e. The van der Waals surface area contributed by atoms with Crippen molar-refractivity contribution < 1.29 is 4.79 Å². The molecule has 0 spiro atoms. The van der Waals surface area contributed by atoms with E-state index in [0.29, 0.717) is 6.42 Å². The van der Waals surface area contributed by atoms with E-state index >= 15 is 0 Å². The number of carbonyl (C=O) groups excluding carboxylic acids is 1. The Bertz CT molecular complexity index is 544. The van der Waals surface area contributed by atoms with Gasteiger partial charge in [-0.25, -0.2) is 0 Å². The first-order chi connectivity index (χ1) is 8.72. The second kappa shape index (κ2) is 5.58. The highest BCUT2D eigenvalue weighted by Crippen LogP contribution is 2.14. The number of aryl methyl sites for hydroxylation is 2. The van der Waals surface area contributed by atoms with E-state index in [4.69, 9.17) is 0 Å². The summed E-state index contributed by atoms with van der Waals surface area (Å²) in [7, 11) is 0. The number of pyridine rings is 1. The summed E-state index contributed by atoms with van der Waals surface area (Å²) in [4.78, 5) is 15.4. The van der Waals surface area contributed by atoms with Gasteiger partial charge in [0, 0.05) is 23.9 Å². The van der Waals surface area contributed by atoms with Crippen molar-refractivity contribution in [1.29, 1.82) is 0 Å². The lowest BCUT2D eigenvalue weighted by molar-refractivity contribution is 0.112. The van der Waals surface area contributed by atoms with E-state index in [2.05, 4.69) is 24.0 Å². The van der Waals surface area contributed by atoms with E-state index in [-0.39, 0.29) is 0 Å². The van der Waals surface area contributed by atoms with Gasteiger partial charge >= 0.3 is 0 Å². The minimum absolute atomic E-state index is 0.708. The van der Waals surface area contributed by atoms with Gasteiger partial charge in [0.15, 0.2) is 0 Å². The molecule has 0 saturated carbocycles. The highest BCUT2D eigenvalue weighted by atomic mass is 16.1. The van der Waals surface area contributed by atoms with Crippen molar-refractivity contribution in [3.05, 3.63) is 64.5 Å². The van der Waals surface area contributed by atoms with Crippen LogP contribution in [-0.4, -0.2) is 11.3 Å². The van der Waals surface area contributed by atoms with Crippen molar-refractivity contribution in [1.82, 2.24) is 4.98 Å². The number of benzene rings is 1. The number of hydrogen-bond acceptors (Lipinski definition) is 2. The van der Waals surface area contributed by atoms with Gasteiger partial charge in [-0.05, 0) is 30.5 Å². The number of nitrogens with zero attached hydrogens (tertiary/aromatic N) is 1.